The van der Waals surface area contributed by atoms with E-state index in [4.69, 9.17) is 0 Å². The van der Waals surface area contributed by atoms with Gasteiger partial charge in [0.25, 0.3) is 0 Å². The summed E-state index contributed by atoms with van der Waals surface area (Å²) in [6.45, 7) is 1.82. The number of rotatable bonds is 4. The Labute approximate surface area is 125 Å². The highest BCUT2D eigenvalue weighted by Gasteiger charge is 2.23. The standard InChI is InChI=1S/C17H20N2O2/c1-13(16(20)14-9-5-3-6-10-14)19(2)17(21)18-15-11-7-4-8-12-15/h3-13,16,20H,1-2H3,(H,18,21). The van der Waals surface area contributed by atoms with Crippen LogP contribution in [-0.4, -0.2) is 29.1 Å². The number of amides is 2. The molecule has 2 atom stereocenters. The molecule has 2 N–H and O–H groups in total. The molecule has 110 valence electrons. The Morgan fingerprint density at radius 1 is 1.05 bits per heavy atom. The molecule has 0 saturated carbocycles. The van der Waals surface area contributed by atoms with Crippen molar-refractivity contribution in [1.29, 1.82) is 0 Å². The maximum atomic E-state index is 12.2. The van der Waals surface area contributed by atoms with E-state index in [0.29, 0.717) is 0 Å². The lowest BCUT2D eigenvalue weighted by molar-refractivity contribution is 0.0894. The second-order valence-corrected chi connectivity index (χ2v) is 5.00. The van der Waals surface area contributed by atoms with Gasteiger partial charge in [-0.1, -0.05) is 48.5 Å². The Bertz CT molecular complexity index is 572. The lowest BCUT2D eigenvalue weighted by Crippen LogP contribution is -2.41. The summed E-state index contributed by atoms with van der Waals surface area (Å²) in [7, 11) is 1.68. The molecule has 2 unspecified atom stereocenters. The van der Waals surface area contributed by atoms with Crippen molar-refractivity contribution in [3.63, 3.8) is 0 Å². The third-order valence-corrected chi connectivity index (χ3v) is 3.55. The first kappa shape index (κ1) is 15.1. The number of hydrogen-bond acceptors (Lipinski definition) is 2. The molecule has 21 heavy (non-hydrogen) atoms. The van der Waals surface area contributed by atoms with E-state index in [-0.39, 0.29) is 12.1 Å². The van der Waals surface area contributed by atoms with Crippen molar-refractivity contribution in [2.75, 3.05) is 12.4 Å². The van der Waals surface area contributed by atoms with Crippen LogP contribution in [0.3, 0.4) is 0 Å². The fraction of sp³-hybridized carbons (Fsp3) is 0.235. The van der Waals surface area contributed by atoms with E-state index in [1.807, 2.05) is 67.6 Å². The van der Waals surface area contributed by atoms with Gasteiger partial charge < -0.3 is 15.3 Å². The van der Waals surface area contributed by atoms with Gasteiger partial charge in [-0.3, -0.25) is 0 Å². The van der Waals surface area contributed by atoms with E-state index in [9.17, 15) is 9.90 Å². The van der Waals surface area contributed by atoms with Crippen LogP contribution in [0.5, 0.6) is 0 Å². The van der Waals surface area contributed by atoms with Crippen LogP contribution < -0.4 is 5.32 Å². The van der Waals surface area contributed by atoms with Crippen molar-refractivity contribution in [2.45, 2.75) is 19.1 Å². The lowest BCUT2D eigenvalue weighted by atomic mass is 10.0. The first-order valence-corrected chi connectivity index (χ1v) is 6.91. The molecule has 0 heterocycles. The van der Waals surface area contributed by atoms with Gasteiger partial charge in [0.1, 0.15) is 0 Å². The highest BCUT2D eigenvalue weighted by Crippen LogP contribution is 2.20. The van der Waals surface area contributed by atoms with Gasteiger partial charge >= 0.3 is 6.03 Å². The maximum absolute atomic E-state index is 12.2. The van der Waals surface area contributed by atoms with E-state index in [0.717, 1.165) is 11.3 Å². The van der Waals surface area contributed by atoms with E-state index in [1.54, 1.807) is 7.05 Å². The summed E-state index contributed by atoms with van der Waals surface area (Å²) >= 11 is 0. The number of anilines is 1. The normalized spacial score (nSPS) is 13.3. The van der Waals surface area contributed by atoms with Crippen molar-refractivity contribution >= 4 is 11.7 Å². The lowest BCUT2D eigenvalue weighted by Gasteiger charge is -2.29. The predicted octanol–water partition coefficient (Wildman–Crippen LogP) is 3.27. The number of para-hydroxylation sites is 1. The molecule has 2 aromatic carbocycles. The van der Waals surface area contributed by atoms with Gasteiger partial charge in [0.15, 0.2) is 0 Å². The molecule has 2 aromatic rings. The number of likely N-dealkylation sites (N-methyl/N-ethyl adjacent to an activating group) is 1. The van der Waals surface area contributed by atoms with Crippen molar-refractivity contribution in [3.8, 4) is 0 Å². The Balaban J connectivity index is 2.01. The second-order valence-electron chi connectivity index (χ2n) is 5.00. The summed E-state index contributed by atoms with van der Waals surface area (Å²) in [5.74, 6) is 0. The molecule has 4 nitrogen and oxygen atoms in total. The van der Waals surface area contributed by atoms with Crippen molar-refractivity contribution in [1.82, 2.24) is 4.90 Å². The van der Waals surface area contributed by atoms with Gasteiger partial charge in [-0.15, -0.1) is 0 Å². The average molecular weight is 284 g/mol. The Morgan fingerprint density at radius 2 is 1.57 bits per heavy atom. The van der Waals surface area contributed by atoms with Crippen LogP contribution >= 0.6 is 0 Å². The molecular formula is C17H20N2O2. The van der Waals surface area contributed by atoms with Crippen LogP contribution in [0, 0.1) is 0 Å². The van der Waals surface area contributed by atoms with Gasteiger partial charge in [-0.05, 0) is 24.6 Å². The first-order valence-electron chi connectivity index (χ1n) is 6.91. The molecule has 4 heteroatoms. The zero-order valence-corrected chi connectivity index (χ0v) is 12.2. The number of aliphatic hydroxyl groups is 1. The molecule has 0 aliphatic heterocycles. The van der Waals surface area contributed by atoms with Crippen LogP contribution in [0.25, 0.3) is 0 Å². The molecule has 0 saturated heterocycles. The van der Waals surface area contributed by atoms with Crippen LogP contribution in [-0.2, 0) is 0 Å². The smallest absolute Gasteiger partial charge is 0.321 e. The summed E-state index contributed by atoms with van der Waals surface area (Å²) in [4.78, 5) is 13.7. The van der Waals surface area contributed by atoms with Gasteiger partial charge in [0.2, 0.25) is 0 Å². The number of carbonyl (C=O) groups is 1. The topological polar surface area (TPSA) is 52.6 Å². The van der Waals surface area contributed by atoms with Crippen LogP contribution in [0.4, 0.5) is 10.5 Å². The fourth-order valence-corrected chi connectivity index (χ4v) is 2.06. The molecule has 0 spiro atoms. The number of nitrogens with zero attached hydrogens (tertiary/aromatic N) is 1. The van der Waals surface area contributed by atoms with E-state index < -0.39 is 6.10 Å². The summed E-state index contributed by atoms with van der Waals surface area (Å²) in [6.07, 6.45) is -0.724. The van der Waals surface area contributed by atoms with Gasteiger partial charge in [-0.2, -0.15) is 0 Å². The third kappa shape index (κ3) is 3.83. The Hall–Kier alpha value is -2.33. The number of aliphatic hydroxyl groups excluding tert-OH is 1. The van der Waals surface area contributed by atoms with Crippen LogP contribution in [0.15, 0.2) is 60.7 Å². The number of hydrogen-bond donors (Lipinski definition) is 2. The zero-order valence-electron chi connectivity index (χ0n) is 12.2. The molecule has 0 fully saturated rings. The van der Waals surface area contributed by atoms with Crippen molar-refractivity contribution in [2.24, 2.45) is 0 Å². The number of carbonyl (C=O) groups excluding carboxylic acids is 1. The van der Waals surface area contributed by atoms with Gasteiger partial charge in [0, 0.05) is 12.7 Å². The second kappa shape index (κ2) is 6.90. The summed E-state index contributed by atoms with van der Waals surface area (Å²) in [5, 5.41) is 13.2. The molecule has 0 aromatic heterocycles. The largest absolute Gasteiger partial charge is 0.386 e. The average Bonchev–Trinajstić information content (AvgIpc) is 2.54. The zero-order chi connectivity index (χ0) is 15.2. The minimum absolute atomic E-state index is 0.247. The number of benzene rings is 2. The molecule has 0 radical (unpaired) electrons. The Morgan fingerprint density at radius 3 is 2.14 bits per heavy atom. The van der Waals surface area contributed by atoms with Crippen LogP contribution in [0.1, 0.15) is 18.6 Å². The monoisotopic (exact) mass is 284 g/mol. The molecular weight excluding hydrogens is 264 g/mol. The quantitative estimate of drug-likeness (QED) is 0.905. The maximum Gasteiger partial charge on any atom is 0.321 e. The molecule has 0 aliphatic rings. The molecule has 2 rings (SSSR count). The molecule has 2 amide bonds. The highest BCUT2D eigenvalue weighted by atomic mass is 16.3. The van der Waals surface area contributed by atoms with Gasteiger partial charge in [-0.25, -0.2) is 4.79 Å². The minimum atomic E-state index is -0.724. The van der Waals surface area contributed by atoms with E-state index in [1.165, 1.54) is 4.90 Å². The minimum Gasteiger partial charge on any atom is -0.386 e. The highest BCUT2D eigenvalue weighted by molar-refractivity contribution is 5.89. The Kier molecular flexibility index (Phi) is 4.95. The third-order valence-electron chi connectivity index (χ3n) is 3.55. The van der Waals surface area contributed by atoms with E-state index in [2.05, 4.69) is 5.32 Å². The SMILES string of the molecule is CC(C(O)c1ccccc1)N(C)C(=O)Nc1ccccc1. The fourth-order valence-electron chi connectivity index (χ4n) is 2.06. The van der Waals surface area contributed by atoms with Crippen molar-refractivity contribution in [3.05, 3.63) is 66.2 Å². The van der Waals surface area contributed by atoms with Crippen LogP contribution in [0.2, 0.25) is 0 Å². The van der Waals surface area contributed by atoms with Crippen molar-refractivity contribution < 1.29 is 9.90 Å². The summed E-state index contributed by atoms with van der Waals surface area (Å²) in [5.41, 5.74) is 1.53. The molecule has 0 bridgehead atoms. The first-order chi connectivity index (χ1) is 10.1. The number of urea groups is 1. The van der Waals surface area contributed by atoms with Gasteiger partial charge in [0.05, 0.1) is 12.1 Å². The summed E-state index contributed by atoms with van der Waals surface area (Å²) < 4.78 is 0. The number of nitrogens with one attached hydrogen (secondary N) is 1. The van der Waals surface area contributed by atoms with E-state index >= 15 is 0 Å². The predicted molar refractivity (Wildman–Crippen MR) is 84.1 cm³/mol. The summed E-state index contributed by atoms with van der Waals surface area (Å²) in [6, 6.07) is 18.0. The molecule has 0 aliphatic carbocycles.